The van der Waals surface area contributed by atoms with E-state index in [4.69, 9.17) is 0 Å². The van der Waals surface area contributed by atoms with Gasteiger partial charge in [-0.2, -0.15) is 4.80 Å². The lowest BCUT2D eigenvalue weighted by Crippen LogP contribution is -2.49. The number of carbonyl (C=O) groups excluding carboxylic acids is 2. The maximum absolute atomic E-state index is 12.1. The average Bonchev–Trinajstić information content (AvgIpc) is 3.11. The second kappa shape index (κ2) is 6.37. The molecule has 132 valence electrons. The standard InChI is InChI=1S/C15H25N7O2/c1-15(2,3)22-19-12(18-20-22)9-16-14(24)17-10-8-13(23)21-7-5-4-6-11(10)21/h10-11H,4-9H2,1-3H3,(H2,16,17,24). The van der Waals surface area contributed by atoms with Gasteiger partial charge in [0.15, 0.2) is 5.82 Å². The van der Waals surface area contributed by atoms with E-state index in [1.807, 2.05) is 25.7 Å². The minimum atomic E-state index is -0.299. The third kappa shape index (κ3) is 3.49. The summed E-state index contributed by atoms with van der Waals surface area (Å²) in [5.74, 6) is 0.599. The molecule has 0 bridgehead atoms. The molecule has 9 heteroatoms. The highest BCUT2D eigenvalue weighted by Gasteiger charge is 2.41. The van der Waals surface area contributed by atoms with E-state index in [9.17, 15) is 9.59 Å². The maximum Gasteiger partial charge on any atom is 0.315 e. The van der Waals surface area contributed by atoms with Gasteiger partial charge in [-0.3, -0.25) is 4.79 Å². The van der Waals surface area contributed by atoms with Crippen LogP contribution in [0.4, 0.5) is 4.79 Å². The van der Waals surface area contributed by atoms with E-state index < -0.39 is 0 Å². The Balaban J connectivity index is 1.51. The highest BCUT2D eigenvalue weighted by Crippen LogP contribution is 2.28. The summed E-state index contributed by atoms with van der Waals surface area (Å²) in [6, 6.07) is -0.278. The summed E-state index contributed by atoms with van der Waals surface area (Å²) in [5.41, 5.74) is -0.248. The number of piperidine rings is 1. The molecule has 0 spiro atoms. The van der Waals surface area contributed by atoms with E-state index >= 15 is 0 Å². The largest absolute Gasteiger partial charge is 0.338 e. The van der Waals surface area contributed by atoms with E-state index in [1.54, 1.807) is 0 Å². The van der Waals surface area contributed by atoms with E-state index in [0.29, 0.717) is 12.2 Å². The molecule has 2 atom stereocenters. The Labute approximate surface area is 141 Å². The first-order valence-corrected chi connectivity index (χ1v) is 8.48. The van der Waals surface area contributed by atoms with Crippen LogP contribution in [-0.2, 0) is 16.9 Å². The average molecular weight is 335 g/mol. The lowest BCUT2D eigenvalue weighted by Gasteiger charge is -2.32. The van der Waals surface area contributed by atoms with Crippen LogP contribution in [0.5, 0.6) is 0 Å². The monoisotopic (exact) mass is 335 g/mol. The quantitative estimate of drug-likeness (QED) is 0.831. The molecular weight excluding hydrogens is 310 g/mol. The summed E-state index contributed by atoms with van der Waals surface area (Å²) in [5, 5.41) is 17.8. The highest BCUT2D eigenvalue weighted by molar-refractivity contribution is 5.82. The van der Waals surface area contributed by atoms with Crippen LogP contribution in [-0.4, -0.2) is 55.7 Å². The van der Waals surface area contributed by atoms with Gasteiger partial charge in [0.05, 0.1) is 24.2 Å². The summed E-state index contributed by atoms with van der Waals surface area (Å²) in [6.45, 7) is 6.95. The minimum Gasteiger partial charge on any atom is -0.338 e. The van der Waals surface area contributed by atoms with Crippen LogP contribution in [0.3, 0.4) is 0 Å². The van der Waals surface area contributed by atoms with Crippen LogP contribution in [0, 0.1) is 0 Å². The number of urea groups is 1. The van der Waals surface area contributed by atoms with Gasteiger partial charge in [0.1, 0.15) is 0 Å². The van der Waals surface area contributed by atoms with Gasteiger partial charge >= 0.3 is 6.03 Å². The molecule has 3 amide bonds. The second-order valence-electron chi connectivity index (χ2n) is 7.45. The summed E-state index contributed by atoms with van der Waals surface area (Å²) in [7, 11) is 0. The number of hydrogen-bond acceptors (Lipinski definition) is 5. The van der Waals surface area contributed by atoms with Crippen LogP contribution in [0.15, 0.2) is 0 Å². The number of nitrogens with zero attached hydrogens (tertiary/aromatic N) is 5. The molecule has 0 radical (unpaired) electrons. The molecule has 3 rings (SSSR count). The maximum atomic E-state index is 12.1. The zero-order chi connectivity index (χ0) is 17.3. The van der Waals surface area contributed by atoms with Crippen molar-refractivity contribution in [2.24, 2.45) is 0 Å². The number of tetrazole rings is 1. The SMILES string of the molecule is CC(C)(C)n1nnc(CNC(=O)NC2CC(=O)N3CCCCC23)n1. The van der Waals surface area contributed by atoms with Crippen LogP contribution in [0.25, 0.3) is 0 Å². The highest BCUT2D eigenvalue weighted by atomic mass is 16.2. The second-order valence-corrected chi connectivity index (χ2v) is 7.45. The molecule has 1 aromatic heterocycles. The van der Waals surface area contributed by atoms with Crippen molar-refractivity contribution in [2.45, 2.75) is 70.6 Å². The topological polar surface area (TPSA) is 105 Å². The zero-order valence-electron chi connectivity index (χ0n) is 14.4. The van der Waals surface area contributed by atoms with Crippen molar-refractivity contribution >= 4 is 11.9 Å². The summed E-state index contributed by atoms with van der Waals surface area (Å²) in [4.78, 5) is 27.6. The molecule has 2 unspecified atom stereocenters. The van der Waals surface area contributed by atoms with Crippen LogP contribution in [0.1, 0.15) is 52.3 Å². The summed E-state index contributed by atoms with van der Waals surface area (Å²) >= 11 is 0. The molecule has 2 aliphatic rings. The van der Waals surface area contributed by atoms with Gasteiger partial charge in [-0.25, -0.2) is 4.79 Å². The molecule has 24 heavy (non-hydrogen) atoms. The number of carbonyl (C=O) groups is 2. The third-order valence-electron chi connectivity index (χ3n) is 4.51. The predicted octanol–water partition coefficient (Wildman–Crippen LogP) is 0.381. The number of fused-ring (bicyclic) bond motifs is 1. The van der Waals surface area contributed by atoms with Crippen molar-refractivity contribution in [1.82, 2.24) is 35.7 Å². The molecule has 1 aromatic rings. The molecule has 0 aromatic carbocycles. The molecule has 9 nitrogen and oxygen atoms in total. The van der Waals surface area contributed by atoms with Crippen molar-refractivity contribution in [2.75, 3.05) is 6.54 Å². The van der Waals surface area contributed by atoms with E-state index in [2.05, 4.69) is 26.0 Å². The minimum absolute atomic E-state index is 0.115. The fourth-order valence-corrected chi connectivity index (χ4v) is 3.25. The summed E-state index contributed by atoms with van der Waals surface area (Å²) in [6.07, 6.45) is 3.50. The Hall–Kier alpha value is -2.19. The number of hydrogen-bond donors (Lipinski definition) is 2. The normalized spacial score (nSPS) is 24.0. The molecule has 2 N–H and O–H groups in total. The fraction of sp³-hybridized carbons (Fsp3) is 0.800. The molecule has 0 aliphatic carbocycles. The molecule has 3 heterocycles. The number of aromatic nitrogens is 4. The first-order chi connectivity index (χ1) is 11.3. The first-order valence-electron chi connectivity index (χ1n) is 8.48. The molecule has 2 fully saturated rings. The third-order valence-corrected chi connectivity index (χ3v) is 4.51. The molecular formula is C15H25N7O2. The van der Waals surface area contributed by atoms with E-state index in [1.165, 1.54) is 4.80 Å². The Morgan fingerprint density at radius 3 is 2.83 bits per heavy atom. The van der Waals surface area contributed by atoms with Gasteiger partial charge in [-0.15, -0.1) is 10.2 Å². The van der Waals surface area contributed by atoms with E-state index in [-0.39, 0.29) is 36.1 Å². The lowest BCUT2D eigenvalue weighted by atomic mass is 9.99. The van der Waals surface area contributed by atoms with Gasteiger partial charge in [0, 0.05) is 13.0 Å². The number of nitrogens with one attached hydrogen (secondary N) is 2. The molecule has 2 aliphatic heterocycles. The number of amides is 3. The van der Waals surface area contributed by atoms with Crippen LogP contribution < -0.4 is 10.6 Å². The predicted molar refractivity (Wildman–Crippen MR) is 85.9 cm³/mol. The van der Waals surface area contributed by atoms with Gasteiger partial charge < -0.3 is 15.5 Å². The lowest BCUT2D eigenvalue weighted by molar-refractivity contribution is -0.129. The Bertz CT molecular complexity index is 622. The summed E-state index contributed by atoms with van der Waals surface area (Å²) < 4.78 is 0. The van der Waals surface area contributed by atoms with Gasteiger partial charge in [-0.1, -0.05) is 0 Å². The van der Waals surface area contributed by atoms with Gasteiger partial charge in [0.25, 0.3) is 0 Å². The van der Waals surface area contributed by atoms with Crippen molar-refractivity contribution in [3.05, 3.63) is 5.82 Å². The van der Waals surface area contributed by atoms with Gasteiger partial charge in [0.2, 0.25) is 5.91 Å². The Kier molecular flexibility index (Phi) is 4.42. The van der Waals surface area contributed by atoms with Crippen molar-refractivity contribution in [1.29, 1.82) is 0 Å². The molecule has 0 saturated carbocycles. The Morgan fingerprint density at radius 2 is 2.12 bits per heavy atom. The number of rotatable bonds is 3. The van der Waals surface area contributed by atoms with E-state index in [0.717, 1.165) is 25.8 Å². The van der Waals surface area contributed by atoms with Crippen molar-refractivity contribution in [3.63, 3.8) is 0 Å². The van der Waals surface area contributed by atoms with Gasteiger partial charge in [-0.05, 0) is 45.2 Å². The smallest absolute Gasteiger partial charge is 0.315 e. The zero-order valence-corrected chi connectivity index (χ0v) is 14.4. The van der Waals surface area contributed by atoms with Crippen molar-refractivity contribution < 1.29 is 9.59 Å². The van der Waals surface area contributed by atoms with Crippen LogP contribution >= 0.6 is 0 Å². The first kappa shape index (κ1) is 16.7. The molecule has 2 saturated heterocycles. The van der Waals surface area contributed by atoms with Crippen LogP contribution in [0.2, 0.25) is 0 Å². The fourth-order valence-electron chi connectivity index (χ4n) is 3.25. The van der Waals surface area contributed by atoms with Crippen molar-refractivity contribution in [3.8, 4) is 0 Å². The Morgan fingerprint density at radius 1 is 1.33 bits per heavy atom.